The maximum atomic E-state index is 12.4. The smallest absolute Gasteiger partial charge is 0.255 e. The van der Waals surface area contributed by atoms with E-state index in [1.807, 2.05) is 49.4 Å². The van der Waals surface area contributed by atoms with Gasteiger partial charge in [0.05, 0.1) is 12.2 Å². The highest BCUT2D eigenvalue weighted by Crippen LogP contribution is 2.24. The monoisotopic (exact) mass is 338 g/mol. The number of rotatable bonds is 6. The summed E-state index contributed by atoms with van der Waals surface area (Å²) in [5.41, 5.74) is 1.43. The summed E-state index contributed by atoms with van der Waals surface area (Å²) in [4.78, 5) is 26.5. The van der Waals surface area contributed by atoms with Gasteiger partial charge in [-0.3, -0.25) is 9.59 Å². The number of carbonyl (C=O) groups is 2. The van der Waals surface area contributed by atoms with E-state index in [4.69, 9.17) is 4.74 Å². The van der Waals surface area contributed by atoms with Gasteiger partial charge in [0.1, 0.15) is 5.75 Å². The molecule has 3 rings (SSSR count). The molecular formula is C20H22N2O3. The minimum atomic E-state index is -0.172. The van der Waals surface area contributed by atoms with Crippen molar-refractivity contribution in [1.82, 2.24) is 5.32 Å². The zero-order chi connectivity index (χ0) is 17.6. The van der Waals surface area contributed by atoms with Gasteiger partial charge in [-0.2, -0.15) is 0 Å². The van der Waals surface area contributed by atoms with E-state index in [2.05, 4.69) is 5.32 Å². The molecule has 0 bridgehead atoms. The Bertz CT molecular complexity index is 746. The summed E-state index contributed by atoms with van der Waals surface area (Å²) in [6.45, 7) is 3.48. The number of carbonyl (C=O) groups excluding carboxylic acids is 2. The molecule has 130 valence electrons. The number of nitrogens with one attached hydrogen (secondary N) is 1. The molecule has 1 aliphatic heterocycles. The topological polar surface area (TPSA) is 58.6 Å². The highest BCUT2D eigenvalue weighted by Gasteiger charge is 2.30. The minimum Gasteiger partial charge on any atom is -0.493 e. The van der Waals surface area contributed by atoms with Crippen LogP contribution < -0.4 is 15.0 Å². The van der Waals surface area contributed by atoms with Gasteiger partial charge in [-0.05, 0) is 31.2 Å². The lowest BCUT2D eigenvalue weighted by Gasteiger charge is -2.17. The Morgan fingerprint density at radius 1 is 1.16 bits per heavy atom. The van der Waals surface area contributed by atoms with Crippen LogP contribution in [-0.4, -0.2) is 31.5 Å². The van der Waals surface area contributed by atoms with E-state index in [1.165, 1.54) is 0 Å². The van der Waals surface area contributed by atoms with Gasteiger partial charge < -0.3 is 15.0 Å². The predicted molar refractivity (Wildman–Crippen MR) is 96.8 cm³/mol. The molecule has 1 saturated heterocycles. The molecule has 2 amide bonds. The second-order valence-electron chi connectivity index (χ2n) is 6.05. The molecule has 0 aromatic heterocycles. The fourth-order valence-corrected chi connectivity index (χ4v) is 3.04. The first-order valence-corrected chi connectivity index (χ1v) is 8.54. The van der Waals surface area contributed by atoms with Crippen LogP contribution in [-0.2, 0) is 4.79 Å². The first-order valence-electron chi connectivity index (χ1n) is 8.54. The van der Waals surface area contributed by atoms with Crippen molar-refractivity contribution >= 4 is 17.5 Å². The van der Waals surface area contributed by atoms with Crippen molar-refractivity contribution in [3.05, 3.63) is 60.2 Å². The molecule has 2 aromatic rings. The van der Waals surface area contributed by atoms with E-state index in [0.29, 0.717) is 37.4 Å². The lowest BCUT2D eigenvalue weighted by molar-refractivity contribution is -0.117. The van der Waals surface area contributed by atoms with Crippen LogP contribution in [0.25, 0.3) is 0 Å². The lowest BCUT2D eigenvalue weighted by atomic mass is 10.1. The second-order valence-corrected chi connectivity index (χ2v) is 6.05. The van der Waals surface area contributed by atoms with Crippen molar-refractivity contribution in [2.75, 3.05) is 24.6 Å². The molecule has 5 nitrogen and oxygen atoms in total. The molecule has 0 spiro atoms. The fraction of sp³-hybridized carbons (Fsp3) is 0.300. The second kappa shape index (κ2) is 7.83. The normalized spacial score (nSPS) is 16.8. The van der Waals surface area contributed by atoms with Gasteiger partial charge >= 0.3 is 0 Å². The maximum absolute atomic E-state index is 12.4. The van der Waals surface area contributed by atoms with Crippen LogP contribution in [0.15, 0.2) is 54.6 Å². The Balaban J connectivity index is 1.59. The van der Waals surface area contributed by atoms with Crippen LogP contribution >= 0.6 is 0 Å². The molecule has 1 N–H and O–H groups in total. The first-order chi connectivity index (χ1) is 12.2. The summed E-state index contributed by atoms with van der Waals surface area (Å²) in [5, 5.41) is 2.93. The van der Waals surface area contributed by atoms with E-state index in [1.54, 1.807) is 17.0 Å². The molecule has 0 unspecified atom stereocenters. The van der Waals surface area contributed by atoms with E-state index in [-0.39, 0.29) is 17.7 Å². The number of para-hydroxylation sites is 2. The largest absolute Gasteiger partial charge is 0.493 e. The Morgan fingerprint density at radius 2 is 1.88 bits per heavy atom. The zero-order valence-corrected chi connectivity index (χ0v) is 14.3. The fourth-order valence-electron chi connectivity index (χ4n) is 3.04. The van der Waals surface area contributed by atoms with Crippen molar-refractivity contribution in [3.63, 3.8) is 0 Å². The summed E-state index contributed by atoms with van der Waals surface area (Å²) < 4.78 is 5.50. The summed E-state index contributed by atoms with van der Waals surface area (Å²) in [6.07, 6.45) is 0.447. The number of amides is 2. The number of hydrogen-bond donors (Lipinski definition) is 1. The van der Waals surface area contributed by atoms with E-state index < -0.39 is 0 Å². The van der Waals surface area contributed by atoms with Gasteiger partial charge in [0.2, 0.25) is 5.91 Å². The Kier molecular flexibility index (Phi) is 5.33. The molecule has 2 aromatic carbocycles. The van der Waals surface area contributed by atoms with Crippen LogP contribution in [0.4, 0.5) is 5.69 Å². The summed E-state index contributed by atoms with van der Waals surface area (Å²) >= 11 is 0. The van der Waals surface area contributed by atoms with Gasteiger partial charge in [-0.15, -0.1) is 0 Å². The lowest BCUT2D eigenvalue weighted by Crippen LogP contribution is -2.31. The third kappa shape index (κ3) is 3.99. The molecule has 1 atom stereocenters. The molecule has 1 fully saturated rings. The van der Waals surface area contributed by atoms with Crippen LogP contribution in [0, 0.1) is 5.92 Å². The van der Waals surface area contributed by atoms with Crippen molar-refractivity contribution < 1.29 is 14.3 Å². The number of anilines is 1. The third-order valence-corrected chi connectivity index (χ3v) is 4.26. The third-order valence-electron chi connectivity index (χ3n) is 4.26. The molecule has 1 aliphatic rings. The number of hydrogen-bond acceptors (Lipinski definition) is 3. The van der Waals surface area contributed by atoms with E-state index >= 15 is 0 Å². The summed E-state index contributed by atoms with van der Waals surface area (Å²) in [6, 6.07) is 16.8. The van der Waals surface area contributed by atoms with E-state index in [9.17, 15) is 9.59 Å². The predicted octanol–water partition coefficient (Wildman–Crippen LogP) is 2.87. The Labute approximate surface area is 147 Å². The molecule has 0 radical (unpaired) electrons. The minimum absolute atomic E-state index is 0.0974. The average molecular weight is 338 g/mol. The van der Waals surface area contributed by atoms with E-state index in [0.717, 1.165) is 5.69 Å². The van der Waals surface area contributed by atoms with Gasteiger partial charge in [-0.25, -0.2) is 0 Å². The van der Waals surface area contributed by atoms with Gasteiger partial charge in [0.25, 0.3) is 5.91 Å². The zero-order valence-electron chi connectivity index (χ0n) is 14.3. The number of benzene rings is 2. The molecular weight excluding hydrogens is 316 g/mol. The standard InChI is InChI=1S/C20H22N2O3/c1-2-25-18-11-7-6-10-17(18)20(24)21-13-15-12-19(23)22(14-15)16-8-4-3-5-9-16/h3-11,15H,2,12-14H2,1H3,(H,21,24)/t15-/m0/s1. The first kappa shape index (κ1) is 17.0. The highest BCUT2D eigenvalue weighted by molar-refractivity contribution is 5.97. The van der Waals surface area contributed by atoms with Crippen molar-refractivity contribution in [3.8, 4) is 5.75 Å². The Hall–Kier alpha value is -2.82. The molecule has 1 heterocycles. The maximum Gasteiger partial charge on any atom is 0.255 e. The van der Waals surface area contributed by atoms with Crippen LogP contribution in [0.3, 0.4) is 0 Å². The molecule has 25 heavy (non-hydrogen) atoms. The van der Waals surface area contributed by atoms with Gasteiger partial charge in [0, 0.05) is 31.1 Å². The van der Waals surface area contributed by atoms with Crippen molar-refractivity contribution in [2.45, 2.75) is 13.3 Å². The summed E-state index contributed by atoms with van der Waals surface area (Å²) in [7, 11) is 0. The van der Waals surface area contributed by atoms with Crippen molar-refractivity contribution in [1.29, 1.82) is 0 Å². The van der Waals surface area contributed by atoms with Gasteiger partial charge in [0.15, 0.2) is 0 Å². The molecule has 0 saturated carbocycles. The number of nitrogens with zero attached hydrogens (tertiary/aromatic N) is 1. The quantitative estimate of drug-likeness (QED) is 0.881. The van der Waals surface area contributed by atoms with Crippen molar-refractivity contribution in [2.24, 2.45) is 5.92 Å². The SMILES string of the molecule is CCOc1ccccc1C(=O)NC[C@@H]1CC(=O)N(c2ccccc2)C1. The van der Waals surface area contributed by atoms with Gasteiger partial charge in [-0.1, -0.05) is 30.3 Å². The molecule has 5 heteroatoms. The summed E-state index contributed by atoms with van der Waals surface area (Å²) in [5.74, 6) is 0.613. The van der Waals surface area contributed by atoms with Crippen LogP contribution in [0.2, 0.25) is 0 Å². The molecule has 0 aliphatic carbocycles. The number of ether oxygens (including phenoxy) is 1. The van der Waals surface area contributed by atoms with Crippen LogP contribution in [0.1, 0.15) is 23.7 Å². The average Bonchev–Trinajstić information content (AvgIpc) is 3.02. The van der Waals surface area contributed by atoms with Crippen LogP contribution in [0.5, 0.6) is 5.75 Å². The Morgan fingerprint density at radius 3 is 2.64 bits per heavy atom. The highest BCUT2D eigenvalue weighted by atomic mass is 16.5.